The molecule has 1 saturated carbocycles. The third-order valence-electron chi connectivity index (χ3n) is 4.06. The Balaban J connectivity index is 1.94. The van der Waals surface area contributed by atoms with Crippen LogP contribution in [-0.4, -0.2) is 13.7 Å². The number of halogens is 1. The van der Waals surface area contributed by atoms with Crippen LogP contribution in [0.2, 0.25) is 0 Å². The Labute approximate surface area is 109 Å². The number of ether oxygens (including phenoxy) is 1. The van der Waals surface area contributed by atoms with Crippen molar-refractivity contribution in [1.82, 2.24) is 5.32 Å². The van der Waals surface area contributed by atoms with E-state index in [0.29, 0.717) is 16.7 Å². The molecule has 0 saturated heterocycles. The van der Waals surface area contributed by atoms with Crippen molar-refractivity contribution in [2.45, 2.75) is 33.2 Å². The molecular weight excluding hydrogens is 229 g/mol. The fourth-order valence-electron chi connectivity index (χ4n) is 2.34. The smallest absolute Gasteiger partial charge is 0.131 e. The van der Waals surface area contributed by atoms with Crippen LogP contribution >= 0.6 is 0 Å². The molecule has 2 unspecified atom stereocenters. The quantitative estimate of drug-likeness (QED) is 0.864. The summed E-state index contributed by atoms with van der Waals surface area (Å²) in [5.41, 5.74) is 1.17. The van der Waals surface area contributed by atoms with Crippen LogP contribution in [0.25, 0.3) is 0 Å². The number of rotatable bonds is 5. The van der Waals surface area contributed by atoms with Crippen molar-refractivity contribution in [2.75, 3.05) is 13.7 Å². The predicted molar refractivity (Wildman–Crippen MR) is 71.3 cm³/mol. The Hall–Kier alpha value is -1.09. The lowest BCUT2D eigenvalue weighted by Gasteiger charge is -2.16. The van der Waals surface area contributed by atoms with E-state index >= 15 is 0 Å². The number of hydrogen-bond donors (Lipinski definition) is 1. The number of benzene rings is 1. The lowest BCUT2D eigenvalue weighted by atomic mass is 10.1. The van der Waals surface area contributed by atoms with E-state index in [4.69, 9.17) is 4.74 Å². The van der Waals surface area contributed by atoms with E-state index in [1.165, 1.54) is 12.5 Å². The Morgan fingerprint density at radius 1 is 1.50 bits per heavy atom. The molecule has 3 heteroatoms. The maximum Gasteiger partial charge on any atom is 0.131 e. The summed E-state index contributed by atoms with van der Waals surface area (Å²) in [7, 11) is 1.55. The molecule has 0 heterocycles. The zero-order chi connectivity index (χ0) is 13.3. The third-order valence-corrected chi connectivity index (χ3v) is 4.06. The summed E-state index contributed by atoms with van der Waals surface area (Å²) >= 11 is 0. The molecule has 0 radical (unpaired) electrons. The second kappa shape index (κ2) is 4.88. The standard InChI is InChI=1S/C15H22FNO/c1-10(17-9-11-8-15(11,2)3)13-6-5-12(18-4)7-14(13)16/h5-7,10-11,17H,8-9H2,1-4H3. The average Bonchev–Trinajstić information content (AvgIpc) is 2.94. The van der Waals surface area contributed by atoms with Crippen molar-refractivity contribution in [3.63, 3.8) is 0 Å². The molecule has 2 atom stereocenters. The first kappa shape index (κ1) is 13.3. The largest absolute Gasteiger partial charge is 0.497 e. The summed E-state index contributed by atoms with van der Waals surface area (Å²) < 4.78 is 18.9. The molecule has 1 aliphatic carbocycles. The van der Waals surface area contributed by atoms with Crippen molar-refractivity contribution in [2.24, 2.45) is 11.3 Å². The molecule has 0 spiro atoms. The fourth-order valence-corrected chi connectivity index (χ4v) is 2.34. The van der Waals surface area contributed by atoms with Crippen LogP contribution in [-0.2, 0) is 0 Å². The highest BCUT2D eigenvalue weighted by Crippen LogP contribution is 2.51. The first-order chi connectivity index (χ1) is 8.44. The highest BCUT2D eigenvalue weighted by Gasteiger charge is 2.44. The van der Waals surface area contributed by atoms with Crippen molar-refractivity contribution in [1.29, 1.82) is 0 Å². The Kier molecular flexibility index (Phi) is 3.62. The molecule has 0 aliphatic heterocycles. The summed E-state index contributed by atoms with van der Waals surface area (Å²) in [6.45, 7) is 7.51. The zero-order valence-electron chi connectivity index (χ0n) is 11.6. The molecule has 1 fully saturated rings. The van der Waals surface area contributed by atoms with Crippen molar-refractivity contribution in [3.05, 3.63) is 29.6 Å². The van der Waals surface area contributed by atoms with Gasteiger partial charge < -0.3 is 10.1 Å². The summed E-state index contributed by atoms with van der Waals surface area (Å²) in [5.74, 6) is 1.08. The predicted octanol–water partition coefficient (Wildman–Crippen LogP) is 3.53. The van der Waals surface area contributed by atoms with Crippen molar-refractivity contribution >= 4 is 0 Å². The van der Waals surface area contributed by atoms with Gasteiger partial charge in [0.1, 0.15) is 11.6 Å². The Morgan fingerprint density at radius 3 is 2.67 bits per heavy atom. The van der Waals surface area contributed by atoms with E-state index in [0.717, 1.165) is 12.5 Å². The van der Waals surface area contributed by atoms with Crippen LogP contribution < -0.4 is 10.1 Å². The summed E-state index contributed by atoms with van der Waals surface area (Å²) in [6, 6.07) is 5.07. The normalized spacial score (nSPS) is 22.6. The highest BCUT2D eigenvalue weighted by atomic mass is 19.1. The van der Waals surface area contributed by atoms with E-state index in [1.807, 2.05) is 6.92 Å². The van der Waals surface area contributed by atoms with Gasteiger partial charge in [-0.25, -0.2) is 4.39 Å². The minimum absolute atomic E-state index is 0.0345. The van der Waals surface area contributed by atoms with Gasteiger partial charge >= 0.3 is 0 Å². The number of methoxy groups -OCH3 is 1. The first-order valence-electron chi connectivity index (χ1n) is 6.51. The Bertz CT molecular complexity index is 431. The van der Waals surface area contributed by atoms with Crippen LogP contribution in [0.15, 0.2) is 18.2 Å². The summed E-state index contributed by atoms with van der Waals surface area (Å²) in [5, 5.41) is 3.41. The van der Waals surface area contributed by atoms with E-state index < -0.39 is 0 Å². The third kappa shape index (κ3) is 2.83. The maximum atomic E-state index is 13.9. The van der Waals surface area contributed by atoms with Gasteiger partial charge in [-0.05, 0) is 37.3 Å². The SMILES string of the molecule is COc1ccc(C(C)NCC2CC2(C)C)c(F)c1. The van der Waals surface area contributed by atoms with Gasteiger partial charge in [-0.2, -0.15) is 0 Å². The molecule has 1 aromatic rings. The topological polar surface area (TPSA) is 21.3 Å². The highest BCUT2D eigenvalue weighted by molar-refractivity contribution is 5.30. The minimum atomic E-state index is -0.204. The lowest BCUT2D eigenvalue weighted by molar-refractivity contribution is 0.409. The van der Waals surface area contributed by atoms with Gasteiger partial charge in [0, 0.05) is 17.7 Å². The summed E-state index contributed by atoms with van der Waals surface area (Å²) in [4.78, 5) is 0. The molecule has 1 N–H and O–H groups in total. The van der Waals surface area contributed by atoms with Crippen LogP contribution in [0, 0.1) is 17.2 Å². The van der Waals surface area contributed by atoms with Crippen molar-refractivity contribution < 1.29 is 9.13 Å². The van der Waals surface area contributed by atoms with E-state index in [-0.39, 0.29) is 11.9 Å². The summed E-state index contributed by atoms with van der Waals surface area (Å²) in [6.07, 6.45) is 1.26. The second-order valence-electron chi connectivity index (χ2n) is 5.91. The molecule has 2 nitrogen and oxygen atoms in total. The number of nitrogens with one attached hydrogen (secondary N) is 1. The molecule has 1 aliphatic rings. The zero-order valence-corrected chi connectivity index (χ0v) is 11.6. The van der Waals surface area contributed by atoms with E-state index in [2.05, 4.69) is 19.2 Å². The monoisotopic (exact) mass is 251 g/mol. The van der Waals surface area contributed by atoms with Gasteiger partial charge in [0.15, 0.2) is 0 Å². The van der Waals surface area contributed by atoms with Gasteiger partial charge in [0.25, 0.3) is 0 Å². The van der Waals surface area contributed by atoms with Gasteiger partial charge in [0.2, 0.25) is 0 Å². The number of hydrogen-bond acceptors (Lipinski definition) is 2. The van der Waals surface area contributed by atoms with Crippen LogP contribution in [0.5, 0.6) is 5.75 Å². The molecular formula is C15H22FNO. The average molecular weight is 251 g/mol. The Morgan fingerprint density at radius 2 is 2.17 bits per heavy atom. The fraction of sp³-hybridized carbons (Fsp3) is 0.600. The van der Waals surface area contributed by atoms with E-state index in [1.54, 1.807) is 19.2 Å². The maximum absolute atomic E-state index is 13.9. The van der Waals surface area contributed by atoms with Gasteiger partial charge in [-0.3, -0.25) is 0 Å². The van der Waals surface area contributed by atoms with Gasteiger partial charge in [-0.15, -0.1) is 0 Å². The second-order valence-corrected chi connectivity index (χ2v) is 5.91. The molecule has 18 heavy (non-hydrogen) atoms. The van der Waals surface area contributed by atoms with Crippen molar-refractivity contribution in [3.8, 4) is 5.75 Å². The van der Waals surface area contributed by atoms with Gasteiger partial charge in [-0.1, -0.05) is 19.9 Å². The molecule has 0 bridgehead atoms. The minimum Gasteiger partial charge on any atom is -0.497 e. The van der Waals surface area contributed by atoms with Crippen LogP contribution in [0.3, 0.4) is 0 Å². The van der Waals surface area contributed by atoms with Gasteiger partial charge in [0.05, 0.1) is 7.11 Å². The molecule has 100 valence electrons. The first-order valence-corrected chi connectivity index (χ1v) is 6.51. The van der Waals surface area contributed by atoms with Crippen LogP contribution in [0.1, 0.15) is 38.8 Å². The molecule has 0 aromatic heterocycles. The molecule has 2 rings (SSSR count). The molecule has 1 aromatic carbocycles. The van der Waals surface area contributed by atoms with Crippen LogP contribution in [0.4, 0.5) is 4.39 Å². The van der Waals surface area contributed by atoms with E-state index in [9.17, 15) is 4.39 Å². The lowest BCUT2D eigenvalue weighted by Crippen LogP contribution is -2.23. The molecule has 0 amide bonds.